The van der Waals surface area contributed by atoms with E-state index >= 15 is 0 Å². The lowest BCUT2D eigenvalue weighted by atomic mass is 10.1. The summed E-state index contributed by atoms with van der Waals surface area (Å²) in [7, 11) is 3.18. The van der Waals surface area contributed by atoms with Gasteiger partial charge in [0.2, 0.25) is 0 Å². The topological polar surface area (TPSA) is 126 Å². The molecule has 1 N–H and O–H groups in total. The number of nitrogens with zero attached hydrogens (tertiary/aromatic N) is 5. The van der Waals surface area contributed by atoms with Crippen LogP contribution in [0.5, 0.6) is 11.5 Å². The van der Waals surface area contributed by atoms with Crippen LogP contribution in [-0.4, -0.2) is 44.6 Å². The van der Waals surface area contributed by atoms with E-state index in [1.54, 1.807) is 50.9 Å². The van der Waals surface area contributed by atoms with Gasteiger partial charge in [0.1, 0.15) is 11.4 Å². The summed E-state index contributed by atoms with van der Waals surface area (Å²) in [6, 6.07) is 12.8. The van der Waals surface area contributed by atoms with E-state index < -0.39 is 4.92 Å². The van der Waals surface area contributed by atoms with E-state index in [0.717, 1.165) is 16.8 Å². The third kappa shape index (κ3) is 5.22. The quantitative estimate of drug-likeness (QED) is 0.254. The molecule has 0 saturated heterocycles. The lowest BCUT2D eigenvalue weighted by molar-refractivity contribution is -0.386. The average Bonchev–Trinajstić information content (AvgIpc) is 3.32. The van der Waals surface area contributed by atoms with Gasteiger partial charge in [-0.25, -0.2) is 0 Å². The highest BCUT2D eigenvalue weighted by Crippen LogP contribution is 2.29. The van der Waals surface area contributed by atoms with E-state index in [0.29, 0.717) is 52.9 Å². The van der Waals surface area contributed by atoms with Crippen LogP contribution in [0.2, 0.25) is 0 Å². The maximum absolute atomic E-state index is 13.2. The number of nitro groups is 1. The Hall–Kier alpha value is -4.67. The van der Waals surface area contributed by atoms with Crippen molar-refractivity contribution in [1.29, 1.82) is 0 Å². The molecule has 0 aliphatic carbocycles. The van der Waals surface area contributed by atoms with Crippen molar-refractivity contribution in [3.63, 3.8) is 0 Å². The lowest BCUT2D eigenvalue weighted by Crippen LogP contribution is -2.14. The van der Waals surface area contributed by atoms with Crippen molar-refractivity contribution in [2.24, 2.45) is 0 Å². The Kier molecular flexibility index (Phi) is 7.47. The van der Waals surface area contributed by atoms with Gasteiger partial charge in [0, 0.05) is 5.56 Å². The molecule has 0 unspecified atom stereocenters. The number of carbonyl (C=O) groups excluding carboxylic acids is 1. The summed E-state index contributed by atoms with van der Waals surface area (Å²) in [6.45, 7) is 7.83. The van der Waals surface area contributed by atoms with Crippen molar-refractivity contribution < 1.29 is 19.2 Å². The number of aromatic nitrogens is 4. The number of hydrogen-bond acceptors (Lipinski definition) is 7. The van der Waals surface area contributed by atoms with Crippen LogP contribution in [0.4, 0.5) is 11.4 Å². The molecule has 2 aromatic heterocycles. The molecule has 2 heterocycles. The Bertz CT molecular complexity index is 1520. The average molecular weight is 519 g/mol. The van der Waals surface area contributed by atoms with Gasteiger partial charge in [0.05, 0.1) is 49.3 Å². The summed E-state index contributed by atoms with van der Waals surface area (Å²) < 4.78 is 14.1. The summed E-state index contributed by atoms with van der Waals surface area (Å²) in [5.74, 6) is 1.01. The molecule has 4 rings (SSSR count). The zero-order valence-corrected chi connectivity index (χ0v) is 22.2. The molecule has 0 bridgehead atoms. The van der Waals surface area contributed by atoms with Gasteiger partial charge in [-0.1, -0.05) is 18.2 Å². The molecule has 1 amide bonds. The molecule has 0 spiro atoms. The second kappa shape index (κ2) is 10.8. The second-order valence-electron chi connectivity index (χ2n) is 8.98. The minimum absolute atomic E-state index is 0.00921. The van der Waals surface area contributed by atoms with Crippen LogP contribution in [0.25, 0.3) is 0 Å². The fraction of sp³-hybridized carbons (Fsp3) is 0.296. The highest BCUT2D eigenvalue weighted by Gasteiger charge is 2.22. The summed E-state index contributed by atoms with van der Waals surface area (Å²) in [5.41, 5.74) is 5.24. The van der Waals surface area contributed by atoms with Crippen LogP contribution in [-0.2, 0) is 13.1 Å². The van der Waals surface area contributed by atoms with E-state index in [1.807, 2.05) is 42.8 Å². The van der Waals surface area contributed by atoms with Gasteiger partial charge in [-0.05, 0) is 63.1 Å². The smallest absolute Gasteiger partial charge is 0.312 e. The second-order valence-corrected chi connectivity index (χ2v) is 8.98. The lowest BCUT2D eigenvalue weighted by Gasteiger charge is -2.11. The van der Waals surface area contributed by atoms with Crippen molar-refractivity contribution >= 4 is 17.3 Å². The van der Waals surface area contributed by atoms with E-state index in [-0.39, 0.29) is 11.6 Å². The fourth-order valence-corrected chi connectivity index (χ4v) is 4.46. The van der Waals surface area contributed by atoms with Crippen molar-refractivity contribution in [3.05, 3.63) is 92.0 Å². The Morgan fingerprint density at radius 1 is 0.895 bits per heavy atom. The van der Waals surface area contributed by atoms with Crippen molar-refractivity contribution in [1.82, 2.24) is 19.6 Å². The van der Waals surface area contributed by atoms with Gasteiger partial charge >= 0.3 is 5.69 Å². The number of benzene rings is 2. The van der Waals surface area contributed by atoms with Crippen molar-refractivity contribution in [2.75, 3.05) is 19.5 Å². The molecule has 2 aromatic carbocycles. The first-order valence-electron chi connectivity index (χ1n) is 12.0. The zero-order valence-electron chi connectivity index (χ0n) is 22.2. The number of hydrogen-bond donors (Lipinski definition) is 1. The predicted octanol–water partition coefficient (Wildman–Crippen LogP) is 4.59. The molecular weight excluding hydrogens is 488 g/mol. The number of ether oxygens (including phenoxy) is 2. The minimum atomic E-state index is -0.423. The molecule has 0 aliphatic rings. The Morgan fingerprint density at radius 2 is 1.53 bits per heavy atom. The highest BCUT2D eigenvalue weighted by molar-refractivity contribution is 6.05. The molecule has 0 radical (unpaired) electrons. The Labute approximate surface area is 220 Å². The number of amides is 1. The first kappa shape index (κ1) is 26.4. The molecule has 4 aromatic rings. The molecule has 38 heavy (non-hydrogen) atoms. The van der Waals surface area contributed by atoms with Crippen LogP contribution in [0.3, 0.4) is 0 Å². The number of methoxy groups -OCH3 is 2. The van der Waals surface area contributed by atoms with Gasteiger partial charge in [0.15, 0.2) is 11.5 Å². The monoisotopic (exact) mass is 518 g/mol. The molecule has 0 saturated carbocycles. The fourth-order valence-electron chi connectivity index (χ4n) is 4.46. The molecule has 0 aliphatic heterocycles. The first-order chi connectivity index (χ1) is 18.1. The van der Waals surface area contributed by atoms with Gasteiger partial charge in [-0.2, -0.15) is 10.2 Å². The third-order valence-electron chi connectivity index (χ3n) is 6.45. The summed E-state index contributed by atoms with van der Waals surface area (Å²) in [6.07, 6.45) is 0. The first-order valence-corrected chi connectivity index (χ1v) is 12.0. The highest BCUT2D eigenvalue weighted by atomic mass is 16.6. The summed E-state index contributed by atoms with van der Waals surface area (Å²) in [4.78, 5) is 24.1. The molecule has 11 nitrogen and oxygen atoms in total. The third-order valence-corrected chi connectivity index (χ3v) is 6.45. The summed E-state index contributed by atoms with van der Waals surface area (Å²) >= 11 is 0. The van der Waals surface area contributed by atoms with Gasteiger partial charge < -0.3 is 14.8 Å². The molecule has 0 atom stereocenters. The number of anilines is 1. The minimum Gasteiger partial charge on any atom is -0.493 e. The zero-order chi connectivity index (χ0) is 27.6. The van der Waals surface area contributed by atoms with E-state index in [2.05, 4.69) is 15.5 Å². The molecule has 198 valence electrons. The van der Waals surface area contributed by atoms with E-state index in [4.69, 9.17) is 9.47 Å². The van der Waals surface area contributed by atoms with Crippen LogP contribution < -0.4 is 14.8 Å². The van der Waals surface area contributed by atoms with Gasteiger partial charge in [-0.15, -0.1) is 0 Å². The normalized spacial score (nSPS) is 10.9. The predicted molar refractivity (Wildman–Crippen MR) is 142 cm³/mol. The molecule has 0 fully saturated rings. The van der Waals surface area contributed by atoms with Crippen LogP contribution in [0.1, 0.15) is 44.3 Å². The molecular formula is C27H30N6O5. The van der Waals surface area contributed by atoms with E-state index in [1.165, 1.54) is 0 Å². The Balaban J connectivity index is 1.52. The Morgan fingerprint density at radius 3 is 2.16 bits per heavy atom. The van der Waals surface area contributed by atoms with Crippen molar-refractivity contribution in [3.8, 4) is 11.5 Å². The molecule has 11 heteroatoms. The number of nitrogens with one attached hydrogen (secondary N) is 1. The number of carbonyl (C=O) groups is 1. The maximum Gasteiger partial charge on any atom is 0.312 e. The SMILES string of the molecule is COc1ccc(Cn2nc(C)c(NC(=O)c3cccc(Cn4nc(C)c([N+](=O)[O-])c4C)c3)c2C)cc1OC. The van der Waals surface area contributed by atoms with Crippen molar-refractivity contribution in [2.45, 2.75) is 40.8 Å². The summed E-state index contributed by atoms with van der Waals surface area (Å²) in [5, 5.41) is 23.2. The maximum atomic E-state index is 13.2. The van der Waals surface area contributed by atoms with Crippen LogP contribution >= 0.6 is 0 Å². The standard InChI is InChI=1S/C27H30N6O5/c1-16-25(18(3)31(29-16)15-21-10-11-23(37-5)24(13-21)38-6)28-27(34)22-9-7-8-20(12-22)14-32-19(4)26(33(35)36)17(2)30-32/h7-13H,14-15H2,1-6H3,(H,28,34). The van der Waals surface area contributed by atoms with Crippen LogP contribution in [0, 0.1) is 37.8 Å². The van der Waals surface area contributed by atoms with E-state index in [9.17, 15) is 14.9 Å². The largest absolute Gasteiger partial charge is 0.493 e. The van der Waals surface area contributed by atoms with Gasteiger partial charge in [-0.3, -0.25) is 24.3 Å². The van der Waals surface area contributed by atoms with Crippen LogP contribution in [0.15, 0.2) is 42.5 Å². The van der Waals surface area contributed by atoms with Gasteiger partial charge in [0.25, 0.3) is 5.91 Å². The number of aryl methyl sites for hydroxylation is 2. The number of rotatable bonds is 9.